The van der Waals surface area contributed by atoms with E-state index >= 15 is 0 Å². The summed E-state index contributed by atoms with van der Waals surface area (Å²) in [6.07, 6.45) is 22.0. The van der Waals surface area contributed by atoms with Crippen LogP contribution in [0.5, 0.6) is 5.75 Å². The van der Waals surface area contributed by atoms with Crippen LogP contribution in [-0.4, -0.2) is 35.5 Å². The zero-order valence-electron chi connectivity index (χ0n) is 22.3. The van der Waals surface area contributed by atoms with Gasteiger partial charge in [-0.25, -0.2) is 0 Å². The Labute approximate surface area is 204 Å². The fourth-order valence-corrected chi connectivity index (χ4v) is 4.72. The smallest absolute Gasteiger partial charge is 0.148 e. The van der Waals surface area contributed by atoms with E-state index < -0.39 is 0 Å². The minimum atomic E-state index is 0.469. The van der Waals surface area contributed by atoms with Crippen molar-refractivity contribution in [1.29, 1.82) is 0 Å². The van der Waals surface area contributed by atoms with Crippen LogP contribution in [0.2, 0.25) is 0 Å². The van der Waals surface area contributed by atoms with Crippen molar-refractivity contribution in [1.82, 2.24) is 9.30 Å². The quantitative estimate of drug-likeness (QED) is 0.185. The number of fused-ring (bicyclic) bond motifs is 1. The average Bonchev–Trinajstić information content (AvgIpc) is 3.19. The number of hydrogen-bond acceptors (Lipinski definition) is 2. The molecule has 188 valence electrons. The Bertz CT molecular complexity index is 720. The molecule has 0 amide bonds. The van der Waals surface area contributed by atoms with E-state index in [1.165, 1.54) is 101 Å². The summed E-state index contributed by atoms with van der Waals surface area (Å²) in [6, 6.07) is 6.36. The minimum Gasteiger partial charge on any atom is -0.491 e. The second-order valence-corrected chi connectivity index (χ2v) is 10.1. The molecule has 33 heavy (non-hydrogen) atoms. The van der Waals surface area contributed by atoms with Crippen LogP contribution >= 0.6 is 0 Å². The Morgan fingerprint density at radius 2 is 1.33 bits per heavy atom. The van der Waals surface area contributed by atoms with E-state index in [-0.39, 0.29) is 0 Å². The third-order valence-electron chi connectivity index (χ3n) is 6.81. The van der Waals surface area contributed by atoms with Crippen LogP contribution in [-0.2, 0) is 0 Å². The lowest BCUT2D eigenvalue weighted by Gasteiger charge is -2.22. The van der Waals surface area contributed by atoms with E-state index in [1.54, 1.807) is 0 Å². The first-order valence-electron chi connectivity index (χ1n) is 14.1. The number of nitrogens with zero attached hydrogens (tertiary/aromatic N) is 2. The third-order valence-corrected chi connectivity index (χ3v) is 6.81. The van der Waals surface area contributed by atoms with Gasteiger partial charge in [-0.05, 0) is 50.4 Å². The van der Waals surface area contributed by atoms with Gasteiger partial charge >= 0.3 is 0 Å². The van der Waals surface area contributed by atoms with Gasteiger partial charge in [0.05, 0.1) is 12.1 Å². The molecule has 3 heteroatoms. The van der Waals surface area contributed by atoms with Crippen molar-refractivity contribution >= 4 is 5.52 Å². The molecule has 3 nitrogen and oxygen atoms in total. The van der Waals surface area contributed by atoms with E-state index in [1.807, 2.05) is 0 Å². The molecule has 0 fully saturated rings. The zero-order valence-corrected chi connectivity index (χ0v) is 22.3. The van der Waals surface area contributed by atoms with Crippen molar-refractivity contribution in [3.63, 3.8) is 0 Å². The van der Waals surface area contributed by atoms with Crippen LogP contribution in [0, 0.1) is 0 Å². The van der Waals surface area contributed by atoms with E-state index in [9.17, 15) is 0 Å². The van der Waals surface area contributed by atoms with Crippen molar-refractivity contribution in [3.8, 4) is 5.75 Å². The molecule has 2 rings (SSSR count). The molecule has 0 aliphatic heterocycles. The standard InChI is InChI=1S/C30H52N2O/c1-5-7-9-11-13-16-21-31(22-17-14-12-10-8-6-2)23-19-25-33-30-28(27(3)4)26-32-24-18-15-20-29(30)32/h15,18,20,24,26-27H,5-14,16-17,19,21-23,25H2,1-4H3. The number of rotatable bonds is 20. The first-order valence-corrected chi connectivity index (χ1v) is 14.1. The Morgan fingerprint density at radius 3 is 1.94 bits per heavy atom. The summed E-state index contributed by atoms with van der Waals surface area (Å²) in [6.45, 7) is 13.6. The van der Waals surface area contributed by atoms with Gasteiger partial charge in [0.25, 0.3) is 0 Å². The number of hydrogen-bond donors (Lipinski definition) is 0. The summed E-state index contributed by atoms with van der Waals surface area (Å²) in [7, 11) is 0. The molecular formula is C30H52N2O. The lowest BCUT2D eigenvalue weighted by molar-refractivity contribution is 0.226. The molecule has 0 bridgehead atoms. The molecule has 0 N–H and O–H groups in total. The first-order chi connectivity index (χ1) is 16.2. The van der Waals surface area contributed by atoms with Crippen LogP contribution < -0.4 is 4.74 Å². The van der Waals surface area contributed by atoms with Gasteiger partial charge in [0.2, 0.25) is 0 Å². The van der Waals surface area contributed by atoms with Crippen molar-refractivity contribution in [2.75, 3.05) is 26.2 Å². The molecule has 0 saturated carbocycles. The van der Waals surface area contributed by atoms with Crippen molar-refractivity contribution in [2.24, 2.45) is 0 Å². The van der Waals surface area contributed by atoms with Crippen LogP contribution in [0.4, 0.5) is 0 Å². The van der Waals surface area contributed by atoms with Crippen molar-refractivity contribution < 1.29 is 4.74 Å². The highest BCUT2D eigenvalue weighted by molar-refractivity contribution is 5.65. The molecule has 0 atom stereocenters. The van der Waals surface area contributed by atoms with Gasteiger partial charge in [0, 0.05) is 24.5 Å². The van der Waals surface area contributed by atoms with Crippen LogP contribution in [0.3, 0.4) is 0 Å². The summed E-state index contributed by atoms with van der Waals surface area (Å²) < 4.78 is 8.60. The molecule has 0 aromatic carbocycles. The Balaban J connectivity index is 1.79. The van der Waals surface area contributed by atoms with E-state index in [4.69, 9.17) is 4.74 Å². The summed E-state index contributed by atoms with van der Waals surface area (Å²) in [5, 5.41) is 0. The maximum atomic E-state index is 6.39. The van der Waals surface area contributed by atoms with Gasteiger partial charge in [-0.3, -0.25) is 0 Å². The molecular weight excluding hydrogens is 404 g/mol. The van der Waals surface area contributed by atoms with Gasteiger partial charge in [-0.1, -0.05) is 98.0 Å². The lowest BCUT2D eigenvalue weighted by atomic mass is 10.1. The van der Waals surface area contributed by atoms with Gasteiger partial charge < -0.3 is 14.0 Å². The Morgan fingerprint density at radius 1 is 0.758 bits per heavy atom. The predicted octanol–water partition coefficient (Wildman–Crippen LogP) is 8.85. The average molecular weight is 457 g/mol. The minimum absolute atomic E-state index is 0.469. The molecule has 0 aliphatic carbocycles. The fourth-order valence-electron chi connectivity index (χ4n) is 4.72. The molecule has 2 aromatic heterocycles. The highest BCUT2D eigenvalue weighted by atomic mass is 16.5. The molecule has 0 radical (unpaired) electrons. The van der Waals surface area contributed by atoms with Gasteiger partial charge in [-0.2, -0.15) is 0 Å². The molecule has 0 aliphatic rings. The number of pyridine rings is 1. The highest BCUT2D eigenvalue weighted by Crippen LogP contribution is 2.32. The summed E-state index contributed by atoms with van der Waals surface area (Å²) in [5.41, 5.74) is 2.51. The molecule has 0 spiro atoms. The summed E-state index contributed by atoms with van der Waals surface area (Å²) in [4.78, 5) is 2.71. The van der Waals surface area contributed by atoms with Crippen molar-refractivity contribution in [2.45, 2.75) is 117 Å². The monoisotopic (exact) mass is 456 g/mol. The van der Waals surface area contributed by atoms with Crippen LogP contribution in [0.1, 0.15) is 123 Å². The zero-order chi connectivity index (χ0) is 23.7. The van der Waals surface area contributed by atoms with Gasteiger partial charge in [0.15, 0.2) is 0 Å². The first kappa shape index (κ1) is 27.8. The van der Waals surface area contributed by atoms with Crippen LogP contribution in [0.25, 0.3) is 5.52 Å². The number of unbranched alkanes of at least 4 members (excludes halogenated alkanes) is 10. The summed E-state index contributed by atoms with van der Waals surface area (Å²) in [5.74, 6) is 1.56. The maximum Gasteiger partial charge on any atom is 0.148 e. The Hall–Kier alpha value is -1.48. The van der Waals surface area contributed by atoms with Crippen molar-refractivity contribution in [3.05, 3.63) is 36.2 Å². The Kier molecular flexibility index (Phi) is 14.3. The third kappa shape index (κ3) is 10.5. The second kappa shape index (κ2) is 17.0. The SMILES string of the molecule is CCCCCCCCN(CCCCCCCC)CCCOc1c(C(C)C)cn2ccccc12. The topological polar surface area (TPSA) is 16.9 Å². The number of ether oxygens (including phenoxy) is 1. The maximum absolute atomic E-state index is 6.39. The van der Waals surface area contributed by atoms with E-state index in [0.29, 0.717) is 5.92 Å². The number of aromatic nitrogens is 1. The lowest BCUT2D eigenvalue weighted by Crippen LogP contribution is -2.28. The van der Waals surface area contributed by atoms with E-state index in [2.05, 4.69) is 67.6 Å². The van der Waals surface area contributed by atoms with Gasteiger partial charge in [0.1, 0.15) is 5.75 Å². The predicted molar refractivity (Wildman–Crippen MR) is 145 cm³/mol. The summed E-state index contributed by atoms with van der Waals surface area (Å²) >= 11 is 0. The second-order valence-electron chi connectivity index (χ2n) is 10.1. The molecule has 0 unspecified atom stereocenters. The van der Waals surface area contributed by atoms with E-state index in [0.717, 1.165) is 25.3 Å². The molecule has 2 aromatic rings. The fraction of sp³-hybridized carbons (Fsp3) is 0.733. The highest BCUT2D eigenvalue weighted by Gasteiger charge is 2.15. The van der Waals surface area contributed by atoms with Crippen LogP contribution in [0.15, 0.2) is 30.6 Å². The normalized spacial score (nSPS) is 11.8. The van der Waals surface area contributed by atoms with Gasteiger partial charge in [-0.15, -0.1) is 0 Å². The molecule has 2 heterocycles. The molecule has 0 saturated heterocycles. The largest absolute Gasteiger partial charge is 0.491 e.